The highest BCUT2D eigenvalue weighted by molar-refractivity contribution is 7.99. The van der Waals surface area contributed by atoms with Gasteiger partial charge in [0.05, 0.1) is 5.69 Å². The van der Waals surface area contributed by atoms with Gasteiger partial charge in [-0.1, -0.05) is 13.8 Å². The topological polar surface area (TPSA) is 43.3 Å². The van der Waals surface area contributed by atoms with Crippen LogP contribution in [-0.2, 0) is 6.54 Å². The Morgan fingerprint density at radius 2 is 2.47 bits per heavy atom. The fourth-order valence-corrected chi connectivity index (χ4v) is 3.16. The number of imidazole rings is 1. The Hall–Kier alpha value is -0.520. The average Bonchev–Trinajstić information content (AvgIpc) is 2.77. The van der Waals surface area contributed by atoms with Crippen LogP contribution in [0, 0.1) is 0 Å². The molecule has 2 rings (SSSR count). The highest BCUT2D eigenvalue weighted by atomic mass is 32.2. The third-order valence-corrected chi connectivity index (χ3v) is 4.45. The molecule has 0 aliphatic heterocycles. The Balaban J connectivity index is 2.37. The van der Waals surface area contributed by atoms with Gasteiger partial charge in [0.2, 0.25) is 0 Å². The summed E-state index contributed by atoms with van der Waals surface area (Å²) >= 11 is 3.48. The van der Waals surface area contributed by atoms with E-state index in [1.165, 1.54) is 0 Å². The van der Waals surface area contributed by atoms with E-state index < -0.39 is 0 Å². The van der Waals surface area contributed by atoms with Gasteiger partial charge < -0.3 is 5.73 Å². The van der Waals surface area contributed by atoms with Gasteiger partial charge in [0.15, 0.2) is 4.96 Å². The fraction of sp³-hybridized carbons (Fsp3) is 0.500. The van der Waals surface area contributed by atoms with Gasteiger partial charge in [-0.2, -0.15) is 0 Å². The molecule has 2 heterocycles. The van der Waals surface area contributed by atoms with Gasteiger partial charge in [-0.05, 0) is 6.42 Å². The maximum atomic E-state index is 5.77. The van der Waals surface area contributed by atoms with Crippen molar-refractivity contribution >= 4 is 28.1 Å². The quantitative estimate of drug-likeness (QED) is 0.837. The van der Waals surface area contributed by atoms with Gasteiger partial charge in [-0.3, -0.25) is 4.40 Å². The molecule has 0 bridgehead atoms. The first-order chi connectivity index (χ1) is 7.26. The molecule has 5 heteroatoms. The minimum Gasteiger partial charge on any atom is -0.325 e. The number of fused-ring (bicyclic) bond motifs is 1. The molecular weight excluding hydrogens is 226 g/mol. The Morgan fingerprint density at radius 3 is 3.13 bits per heavy atom. The van der Waals surface area contributed by atoms with Gasteiger partial charge in [-0.25, -0.2) is 4.98 Å². The minimum atomic E-state index is 0.552. The second-order valence-corrected chi connectivity index (χ2v) is 5.76. The van der Waals surface area contributed by atoms with Gasteiger partial charge in [-0.15, -0.1) is 23.1 Å². The van der Waals surface area contributed by atoms with Crippen molar-refractivity contribution in [1.29, 1.82) is 0 Å². The molecule has 0 aliphatic rings. The first kappa shape index (κ1) is 11.0. The molecule has 0 fully saturated rings. The monoisotopic (exact) mass is 241 g/mol. The van der Waals surface area contributed by atoms with E-state index >= 15 is 0 Å². The smallest absolute Gasteiger partial charge is 0.194 e. The molecule has 0 saturated heterocycles. The van der Waals surface area contributed by atoms with Crippen molar-refractivity contribution in [2.24, 2.45) is 5.73 Å². The third-order valence-electron chi connectivity index (χ3n) is 2.41. The number of nitrogens with two attached hydrogens (primary N) is 1. The lowest BCUT2D eigenvalue weighted by atomic mass is 10.4. The predicted octanol–water partition coefficient (Wildman–Crippen LogP) is 2.75. The van der Waals surface area contributed by atoms with Crippen molar-refractivity contribution in [1.82, 2.24) is 9.38 Å². The minimum absolute atomic E-state index is 0.552. The van der Waals surface area contributed by atoms with Crippen molar-refractivity contribution in [2.45, 2.75) is 37.1 Å². The lowest BCUT2D eigenvalue weighted by Crippen LogP contribution is -2.02. The summed E-state index contributed by atoms with van der Waals surface area (Å²) in [5, 5.41) is 3.73. The molecule has 1 atom stereocenters. The van der Waals surface area contributed by atoms with E-state index in [0.29, 0.717) is 11.8 Å². The van der Waals surface area contributed by atoms with Crippen LogP contribution in [0.2, 0.25) is 0 Å². The fourth-order valence-electron chi connectivity index (χ4n) is 1.37. The Labute approximate surface area is 97.7 Å². The molecule has 2 aromatic heterocycles. The van der Waals surface area contributed by atoms with Gasteiger partial charge >= 0.3 is 0 Å². The van der Waals surface area contributed by atoms with Gasteiger partial charge in [0.25, 0.3) is 0 Å². The molecule has 0 radical (unpaired) electrons. The average molecular weight is 241 g/mol. The molecule has 2 N–H and O–H groups in total. The van der Waals surface area contributed by atoms with Crippen LogP contribution >= 0.6 is 23.1 Å². The maximum absolute atomic E-state index is 5.77. The lowest BCUT2D eigenvalue weighted by molar-refractivity contribution is 0.888. The summed E-state index contributed by atoms with van der Waals surface area (Å²) in [5.74, 6) is 0. The third kappa shape index (κ3) is 2.04. The van der Waals surface area contributed by atoms with E-state index in [2.05, 4.69) is 23.2 Å². The van der Waals surface area contributed by atoms with E-state index in [0.717, 1.165) is 22.1 Å². The highest BCUT2D eigenvalue weighted by Gasteiger charge is 2.14. The van der Waals surface area contributed by atoms with Crippen LogP contribution in [-0.4, -0.2) is 14.6 Å². The summed E-state index contributed by atoms with van der Waals surface area (Å²) in [6.45, 7) is 4.97. The summed E-state index contributed by atoms with van der Waals surface area (Å²) < 4.78 is 2.09. The van der Waals surface area contributed by atoms with E-state index in [-0.39, 0.29) is 0 Å². The summed E-state index contributed by atoms with van der Waals surface area (Å²) in [6, 6.07) is 0. The Morgan fingerprint density at radius 1 is 1.67 bits per heavy atom. The first-order valence-corrected chi connectivity index (χ1v) is 6.83. The zero-order chi connectivity index (χ0) is 10.8. The Kier molecular flexibility index (Phi) is 3.33. The molecule has 82 valence electrons. The van der Waals surface area contributed by atoms with Crippen LogP contribution in [0.25, 0.3) is 4.96 Å². The standard InChI is InChI=1S/C10H15N3S2/c1-3-7(2)15-9-8(6-11)13-4-5-14-10(13)12-9/h4-5,7H,3,6,11H2,1-2H3. The molecule has 2 aromatic rings. The molecule has 15 heavy (non-hydrogen) atoms. The second-order valence-electron chi connectivity index (χ2n) is 3.46. The summed E-state index contributed by atoms with van der Waals surface area (Å²) in [6.07, 6.45) is 3.19. The summed E-state index contributed by atoms with van der Waals surface area (Å²) in [5.41, 5.74) is 6.90. The molecule has 1 unspecified atom stereocenters. The number of thioether (sulfide) groups is 1. The van der Waals surface area contributed by atoms with Gasteiger partial charge in [0, 0.05) is 23.4 Å². The maximum Gasteiger partial charge on any atom is 0.194 e. The van der Waals surface area contributed by atoms with E-state index in [1.807, 2.05) is 23.3 Å². The molecule has 0 aromatic carbocycles. The first-order valence-electron chi connectivity index (χ1n) is 5.07. The van der Waals surface area contributed by atoms with Crippen molar-refractivity contribution in [3.05, 3.63) is 17.3 Å². The molecule has 0 saturated carbocycles. The van der Waals surface area contributed by atoms with E-state index in [9.17, 15) is 0 Å². The number of hydrogen-bond acceptors (Lipinski definition) is 4. The number of thiazole rings is 1. The normalized spacial score (nSPS) is 13.5. The second kappa shape index (κ2) is 4.55. The number of rotatable bonds is 4. The SMILES string of the molecule is CCC(C)Sc1nc2sccn2c1CN. The summed E-state index contributed by atoms with van der Waals surface area (Å²) in [7, 11) is 0. The highest BCUT2D eigenvalue weighted by Crippen LogP contribution is 2.29. The van der Waals surface area contributed by atoms with Crippen LogP contribution in [0.1, 0.15) is 26.0 Å². The van der Waals surface area contributed by atoms with E-state index in [1.54, 1.807) is 11.3 Å². The molecule has 0 aliphatic carbocycles. The van der Waals surface area contributed by atoms with Crippen molar-refractivity contribution in [3.63, 3.8) is 0 Å². The molecule has 3 nitrogen and oxygen atoms in total. The summed E-state index contributed by atoms with van der Waals surface area (Å²) in [4.78, 5) is 5.64. The van der Waals surface area contributed by atoms with E-state index in [4.69, 9.17) is 5.73 Å². The van der Waals surface area contributed by atoms with Crippen LogP contribution in [0.4, 0.5) is 0 Å². The largest absolute Gasteiger partial charge is 0.325 e. The number of nitrogens with zero attached hydrogens (tertiary/aromatic N) is 2. The zero-order valence-corrected chi connectivity index (χ0v) is 10.6. The zero-order valence-electron chi connectivity index (χ0n) is 8.93. The van der Waals surface area contributed by atoms with Gasteiger partial charge in [0.1, 0.15) is 5.03 Å². The van der Waals surface area contributed by atoms with Crippen LogP contribution in [0.3, 0.4) is 0 Å². The Bertz CT molecular complexity index is 446. The van der Waals surface area contributed by atoms with Crippen LogP contribution in [0.5, 0.6) is 0 Å². The van der Waals surface area contributed by atoms with Crippen molar-refractivity contribution in [2.75, 3.05) is 0 Å². The van der Waals surface area contributed by atoms with Crippen LogP contribution < -0.4 is 5.73 Å². The number of hydrogen-bond donors (Lipinski definition) is 1. The molecular formula is C10H15N3S2. The predicted molar refractivity (Wildman–Crippen MR) is 66.6 cm³/mol. The molecule has 0 spiro atoms. The lowest BCUT2D eigenvalue weighted by Gasteiger charge is -2.06. The number of aromatic nitrogens is 2. The molecule has 0 amide bonds. The van der Waals surface area contributed by atoms with Crippen LogP contribution in [0.15, 0.2) is 16.6 Å². The van der Waals surface area contributed by atoms with Crippen molar-refractivity contribution in [3.8, 4) is 0 Å². The van der Waals surface area contributed by atoms with Crippen molar-refractivity contribution < 1.29 is 0 Å².